The van der Waals surface area contributed by atoms with Crippen LogP contribution in [-0.4, -0.2) is 28.3 Å². The molecule has 0 spiro atoms. The summed E-state index contributed by atoms with van der Waals surface area (Å²) >= 11 is 5.80. The van der Waals surface area contributed by atoms with Crippen molar-refractivity contribution in [3.8, 4) is 0 Å². The summed E-state index contributed by atoms with van der Waals surface area (Å²) in [5.74, 6) is 0.213. The van der Waals surface area contributed by atoms with E-state index >= 15 is 0 Å². The third-order valence-corrected chi connectivity index (χ3v) is 3.06. The van der Waals surface area contributed by atoms with Crippen LogP contribution in [0.1, 0.15) is 23.9 Å². The summed E-state index contributed by atoms with van der Waals surface area (Å²) in [5, 5.41) is 7.45. The van der Waals surface area contributed by atoms with E-state index in [0.29, 0.717) is 13.0 Å². The number of rotatable bonds is 4. The molecule has 0 aromatic carbocycles. The molecular formula is C11H12ClF3N4O. The van der Waals surface area contributed by atoms with Crippen molar-refractivity contribution in [1.82, 2.24) is 14.6 Å². The second-order valence-corrected chi connectivity index (χ2v) is 4.62. The maximum Gasteiger partial charge on any atom is 0.417 e. The van der Waals surface area contributed by atoms with E-state index in [1.54, 1.807) is 0 Å². The van der Waals surface area contributed by atoms with E-state index in [1.165, 1.54) is 11.5 Å². The molecule has 2 heterocycles. The first-order valence-corrected chi connectivity index (χ1v) is 6.08. The molecule has 0 aliphatic heterocycles. The number of fused-ring (bicyclic) bond motifs is 1. The predicted molar refractivity (Wildman–Crippen MR) is 66.4 cm³/mol. The van der Waals surface area contributed by atoms with Crippen molar-refractivity contribution >= 4 is 17.2 Å². The first kappa shape index (κ1) is 15.0. The van der Waals surface area contributed by atoms with Crippen molar-refractivity contribution in [2.45, 2.75) is 18.6 Å². The highest BCUT2D eigenvalue weighted by Gasteiger charge is 2.32. The lowest BCUT2D eigenvalue weighted by Gasteiger charge is -2.11. The first-order valence-electron chi connectivity index (χ1n) is 5.70. The summed E-state index contributed by atoms with van der Waals surface area (Å²) in [4.78, 5) is 0. The van der Waals surface area contributed by atoms with Crippen LogP contribution in [0.3, 0.4) is 0 Å². The Morgan fingerprint density at radius 1 is 1.45 bits per heavy atom. The zero-order chi connectivity index (χ0) is 14.9. The van der Waals surface area contributed by atoms with Crippen LogP contribution in [0.2, 0.25) is 5.02 Å². The van der Waals surface area contributed by atoms with Gasteiger partial charge in [-0.3, -0.25) is 4.40 Å². The molecule has 2 aromatic heterocycles. The SMILES string of the molecule is COCCC(N)c1nnc2c(Cl)cc(C(F)(F)F)cn12. The van der Waals surface area contributed by atoms with Crippen LogP contribution >= 0.6 is 11.6 Å². The van der Waals surface area contributed by atoms with Gasteiger partial charge in [0.25, 0.3) is 0 Å². The molecule has 0 amide bonds. The third kappa shape index (κ3) is 2.87. The molecule has 20 heavy (non-hydrogen) atoms. The van der Waals surface area contributed by atoms with Gasteiger partial charge in [0, 0.05) is 19.9 Å². The summed E-state index contributed by atoms with van der Waals surface area (Å²) < 4.78 is 44.4. The maximum absolute atomic E-state index is 12.8. The third-order valence-electron chi connectivity index (χ3n) is 2.78. The quantitative estimate of drug-likeness (QED) is 0.942. The molecule has 1 unspecified atom stereocenters. The summed E-state index contributed by atoms with van der Waals surface area (Å²) in [6.07, 6.45) is -3.20. The number of methoxy groups -OCH3 is 1. The van der Waals surface area contributed by atoms with Gasteiger partial charge in [0.1, 0.15) is 0 Å². The smallest absolute Gasteiger partial charge is 0.385 e. The fourth-order valence-corrected chi connectivity index (χ4v) is 2.00. The Kier molecular flexibility index (Phi) is 4.17. The van der Waals surface area contributed by atoms with E-state index in [9.17, 15) is 13.2 Å². The van der Waals surface area contributed by atoms with E-state index in [2.05, 4.69) is 10.2 Å². The number of aromatic nitrogens is 3. The zero-order valence-electron chi connectivity index (χ0n) is 10.5. The fraction of sp³-hybridized carbons (Fsp3) is 0.455. The Hall–Kier alpha value is -1.38. The molecule has 5 nitrogen and oxygen atoms in total. The van der Waals surface area contributed by atoms with Gasteiger partial charge in [-0.25, -0.2) is 0 Å². The summed E-state index contributed by atoms with van der Waals surface area (Å²) in [7, 11) is 1.51. The van der Waals surface area contributed by atoms with Gasteiger partial charge in [-0.2, -0.15) is 13.2 Å². The lowest BCUT2D eigenvalue weighted by Crippen LogP contribution is -2.17. The molecule has 2 N–H and O–H groups in total. The van der Waals surface area contributed by atoms with Crippen LogP contribution in [0, 0.1) is 0 Å². The number of halogens is 4. The molecule has 0 saturated heterocycles. The molecule has 9 heteroatoms. The second kappa shape index (κ2) is 5.55. The predicted octanol–water partition coefficient (Wildman–Crippen LogP) is 2.44. The summed E-state index contributed by atoms with van der Waals surface area (Å²) in [6, 6.07) is 0.222. The van der Waals surface area contributed by atoms with Crippen molar-refractivity contribution in [1.29, 1.82) is 0 Å². The van der Waals surface area contributed by atoms with Gasteiger partial charge in [-0.15, -0.1) is 10.2 Å². The molecule has 2 aromatic rings. The summed E-state index contributed by atoms with van der Waals surface area (Å²) in [6.45, 7) is 0.364. The van der Waals surface area contributed by atoms with Crippen LogP contribution in [0.5, 0.6) is 0 Å². The normalized spacial score (nSPS) is 13.9. The van der Waals surface area contributed by atoms with Gasteiger partial charge in [0.2, 0.25) is 0 Å². The van der Waals surface area contributed by atoms with Crippen LogP contribution in [0.15, 0.2) is 12.3 Å². The molecule has 0 saturated carbocycles. The molecule has 1 atom stereocenters. The number of alkyl halides is 3. The topological polar surface area (TPSA) is 65.4 Å². The highest BCUT2D eigenvalue weighted by molar-refractivity contribution is 6.33. The molecule has 110 valence electrons. The molecule has 0 radical (unpaired) electrons. The van der Waals surface area contributed by atoms with Crippen molar-refractivity contribution in [3.63, 3.8) is 0 Å². The minimum Gasteiger partial charge on any atom is -0.385 e. The van der Waals surface area contributed by atoms with Gasteiger partial charge in [-0.1, -0.05) is 11.6 Å². The molecule has 2 rings (SSSR count). The Labute approximate surface area is 117 Å². The van der Waals surface area contributed by atoms with Gasteiger partial charge in [-0.05, 0) is 12.5 Å². The van der Waals surface area contributed by atoms with Crippen molar-refractivity contribution in [2.75, 3.05) is 13.7 Å². The fourth-order valence-electron chi connectivity index (χ4n) is 1.75. The average Bonchev–Trinajstić information content (AvgIpc) is 2.79. The Bertz CT molecular complexity index is 613. The lowest BCUT2D eigenvalue weighted by atomic mass is 10.2. The highest BCUT2D eigenvalue weighted by atomic mass is 35.5. The molecular weight excluding hydrogens is 297 g/mol. The molecule has 0 bridgehead atoms. The van der Waals surface area contributed by atoms with Crippen LogP contribution in [0.25, 0.3) is 5.65 Å². The van der Waals surface area contributed by atoms with Crippen LogP contribution in [0.4, 0.5) is 13.2 Å². The van der Waals surface area contributed by atoms with Crippen molar-refractivity contribution in [2.24, 2.45) is 5.73 Å². The van der Waals surface area contributed by atoms with E-state index < -0.39 is 17.8 Å². The second-order valence-electron chi connectivity index (χ2n) is 4.21. The monoisotopic (exact) mass is 308 g/mol. The van der Waals surface area contributed by atoms with Gasteiger partial charge in [0.15, 0.2) is 11.5 Å². The standard InChI is InChI=1S/C11H12ClF3N4O/c1-20-3-2-8(16)10-18-17-9-7(12)4-6(5-19(9)10)11(13,14)15/h4-5,8H,2-3,16H2,1H3. The van der Waals surface area contributed by atoms with E-state index in [0.717, 1.165) is 12.3 Å². The van der Waals surface area contributed by atoms with Crippen LogP contribution < -0.4 is 5.73 Å². The number of ether oxygens (including phenoxy) is 1. The largest absolute Gasteiger partial charge is 0.417 e. The van der Waals surface area contributed by atoms with Gasteiger partial charge in [0.05, 0.1) is 16.6 Å². The summed E-state index contributed by atoms with van der Waals surface area (Å²) in [5.41, 5.74) is 5.13. The van der Waals surface area contributed by atoms with Crippen molar-refractivity contribution < 1.29 is 17.9 Å². The number of hydrogen-bond acceptors (Lipinski definition) is 4. The number of hydrogen-bond donors (Lipinski definition) is 1. The molecule has 0 fully saturated rings. The number of nitrogens with two attached hydrogens (primary N) is 1. The van der Waals surface area contributed by atoms with Gasteiger partial charge < -0.3 is 10.5 Å². The highest BCUT2D eigenvalue weighted by Crippen LogP contribution is 2.32. The molecule has 0 aliphatic rings. The maximum atomic E-state index is 12.8. The average molecular weight is 309 g/mol. The zero-order valence-corrected chi connectivity index (χ0v) is 11.2. The Balaban J connectivity index is 2.50. The lowest BCUT2D eigenvalue weighted by molar-refractivity contribution is -0.137. The Morgan fingerprint density at radius 3 is 2.75 bits per heavy atom. The minimum absolute atomic E-state index is 0.127. The number of pyridine rings is 1. The first-order chi connectivity index (χ1) is 9.34. The number of nitrogens with zero attached hydrogens (tertiary/aromatic N) is 3. The van der Waals surface area contributed by atoms with Gasteiger partial charge >= 0.3 is 6.18 Å². The molecule has 0 aliphatic carbocycles. The van der Waals surface area contributed by atoms with E-state index in [-0.39, 0.29) is 16.5 Å². The van der Waals surface area contributed by atoms with Crippen LogP contribution in [-0.2, 0) is 10.9 Å². The minimum atomic E-state index is -4.50. The Morgan fingerprint density at radius 2 is 2.15 bits per heavy atom. The van der Waals surface area contributed by atoms with E-state index in [1.807, 2.05) is 0 Å². The van der Waals surface area contributed by atoms with Crippen molar-refractivity contribution in [3.05, 3.63) is 28.7 Å². The van der Waals surface area contributed by atoms with E-state index in [4.69, 9.17) is 22.1 Å².